The van der Waals surface area contributed by atoms with Gasteiger partial charge in [0.05, 0.1) is 12.2 Å². The number of nitrogens with zero attached hydrogens (tertiary/aromatic N) is 2. The number of carbonyl (C=O) groups is 2. The van der Waals surface area contributed by atoms with E-state index in [4.69, 9.17) is 10.5 Å². The summed E-state index contributed by atoms with van der Waals surface area (Å²) in [5.74, 6) is -1.51. The van der Waals surface area contributed by atoms with Gasteiger partial charge in [-0.3, -0.25) is 9.59 Å². The minimum atomic E-state index is -4.48. The second-order valence-electron chi connectivity index (χ2n) is 4.86. The Morgan fingerprint density at radius 3 is 2.50 bits per heavy atom. The number of ether oxygens (including phenoxy) is 2. The number of carbonyl (C=O) groups excluding carboxylic acids is 2. The third-order valence-electron chi connectivity index (χ3n) is 3.04. The maximum atomic E-state index is 12.4. The van der Waals surface area contributed by atoms with Crippen molar-refractivity contribution in [2.45, 2.75) is 19.1 Å². The minimum absolute atomic E-state index is 0.0820. The van der Waals surface area contributed by atoms with Crippen molar-refractivity contribution in [2.24, 2.45) is 5.73 Å². The Morgan fingerprint density at radius 1 is 1.38 bits per heavy atom. The number of primary amides is 1. The highest BCUT2D eigenvalue weighted by Gasteiger charge is 2.29. The van der Waals surface area contributed by atoms with Gasteiger partial charge in [-0.25, -0.2) is 4.98 Å². The first-order chi connectivity index (χ1) is 11.2. The molecule has 0 saturated heterocycles. The van der Waals surface area contributed by atoms with E-state index in [0.29, 0.717) is 0 Å². The molecule has 0 unspecified atom stereocenters. The molecule has 2 amide bonds. The molecule has 0 spiro atoms. The van der Waals surface area contributed by atoms with Gasteiger partial charge in [-0.2, -0.15) is 13.2 Å². The predicted molar refractivity (Wildman–Crippen MR) is 77.4 cm³/mol. The SMILES string of the molecule is COCCN(C(=O)c1ccc(OCC(F)(F)F)nc1)[C@@H](C)C(N)=O. The average molecular weight is 349 g/mol. The van der Waals surface area contributed by atoms with Gasteiger partial charge in [-0.05, 0) is 13.0 Å². The van der Waals surface area contributed by atoms with Crippen LogP contribution in [0.3, 0.4) is 0 Å². The first-order valence-corrected chi connectivity index (χ1v) is 6.90. The summed E-state index contributed by atoms with van der Waals surface area (Å²) < 4.78 is 45.5. The third kappa shape index (κ3) is 6.03. The molecule has 1 aromatic rings. The van der Waals surface area contributed by atoms with E-state index in [9.17, 15) is 22.8 Å². The van der Waals surface area contributed by atoms with Crippen molar-refractivity contribution in [3.63, 3.8) is 0 Å². The van der Waals surface area contributed by atoms with Crippen molar-refractivity contribution in [1.82, 2.24) is 9.88 Å². The standard InChI is InChI=1S/C14H18F3N3O4/c1-9(12(18)21)20(5-6-23-2)13(22)10-3-4-11(19-7-10)24-8-14(15,16)17/h3-4,7,9H,5-6,8H2,1-2H3,(H2,18,21)/t9-/m0/s1. The van der Waals surface area contributed by atoms with E-state index in [2.05, 4.69) is 9.72 Å². The molecule has 7 nitrogen and oxygen atoms in total. The number of pyridine rings is 1. The smallest absolute Gasteiger partial charge is 0.422 e. The predicted octanol–water partition coefficient (Wildman–Crippen LogP) is 0.985. The number of alkyl halides is 3. The molecule has 0 aliphatic rings. The molecule has 1 heterocycles. The van der Waals surface area contributed by atoms with Crippen LogP contribution >= 0.6 is 0 Å². The first kappa shape index (κ1) is 19.7. The van der Waals surface area contributed by atoms with Crippen molar-refractivity contribution in [3.8, 4) is 5.88 Å². The summed E-state index contributed by atoms with van der Waals surface area (Å²) in [4.78, 5) is 28.6. The minimum Gasteiger partial charge on any atom is -0.468 e. The van der Waals surface area contributed by atoms with Crippen LogP contribution < -0.4 is 10.5 Å². The molecule has 10 heteroatoms. The second-order valence-corrected chi connectivity index (χ2v) is 4.86. The van der Waals surface area contributed by atoms with Gasteiger partial charge in [-0.15, -0.1) is 0 Å². The number of hydrogen-bond acceptors (Lipinski definition) is 5. The maximum Gasteiger partial charge on any atom is 0.422 e. The fourth-order valence-corrected chi connectivity index (χ4v) is 1.73. The molecule has 0 aromatic carbocycles. The summed E-state index contributed by atoms with van der Waals surface area (Å²) in [5.41, 5.74) is 5.30. The van der Waals surface area contributed by atoms with Crippen molar-refractivity contribution in [3.05, 3.63) is 23.9 Å². The Kier molecular flexibility index (Phi) is 6.96. The summed E-state index contributed by atoms with van der Waals surface area (Å²) in [6.45, 7) is 0.283. The average Bonchev–Trinajstić information content (AvgIpc) is 2.52. The number of aromatic nitrogens is 1. The molecular weight excluding hydrogens is 331 g/mol. The summed E-state index contributed by atoms with van der Waals surface area (Å²) in [5, 5.41) is 0. The van der Waals surface area contributed by atoms with E-state index >= 15 is 0 Å². The van der Waals surface area contributed by atoms with Crippen molar-refractivity contribution in [2.75, 3.05) is 26.9 Å². The zero-order chi connectivity index (χ0) is 18.3. The lowest BCUT2D eigenvalue weighted by Gasteiger charge is -2.26. The number of rotatable bonds is 8. The Hall–Kier alpha value is -2.36. The highest BCUT2D eigenvalue weighted by atomic mass is 19.4. The highest BCUT2D eigenvalue weighted by Crippen LogP contribution is 2.17. The van der Waals surface area contributed by atoms with Crippen LogP contribution in [0, 0.1) is 0 Å². The summed E-state index contributed by atoms with van der Waals surface area (Å²) in [7, 11) is 1.44. The highest BCUT2D eigenvalue weighted by molar-refractivity contribution is 5.97. The van der Waals surface area contributed by atoms with E-state index in [0.717, 1.165) is 12.3 Å². The molecule has 0 bridgehead atoms. The summed E-state index contributed by atoms with van der Waals surface area (Å²) >= 11 is 0. The number of nitrogens with two attached hydrogens (primary N) is 1. The third-order valence-corrected chi connectivity index (χ3v) is 3.04. The molecular formula is C14H18F3N3O4. The molecule has 0 fully saturated rings. The van der Waals surface area contributed by atoms with Gasteiger partial charge in [0, 0.05) is 25.9 Å². The van der Waals surface area contributed by atoms with Crippen LogP contribution in [-0.2, 0) is 9.53 Å². The van der Waals surface area contributed by atoms with Crippen LogP contribution in [0.2, 0.25) is 0 Å². The Bertz CT molecular complexity index is 563. The Balaban J connectivity index is 2.85. The summed E-state index contributed by atoms with van der Waals surface area (Å²) in [6, 6.07) is 1.52. The molecule has 1 aromatic heterocycles. The van der Waals surface area contributed by atoms with Crippen LogP contribution in [0.15, 0.2) is 18.3 Å². The first-order valence-electron chi connectivity index (χ1n) is 6.90. The van der Waals surface area contributed by atoms with Crippen molar-refractivity contribution < 1.29 is 32.2 Å². The van der Waals surface area contributed by atoms with E-state index in [-0.39, 0.29) is 24.6 Å². The molecule has 1 rings (SSSR count). The van der Waals surface area contributed by atoms with E-state index < -0.39 is 30.6 Å². The lowest BCUT2D eigenvalue weighted by Crippen LogP contribution is -2.47. The van der Waals surface area contributed by atoms with Gasteiger partial charge in [-0.1, -0.05) is 0 Å². The topological polar surface area (TPSA) is 94.8 Å². The molecule has 2 N–H and O–H groups in total. The van der Waals surface area contributed by atoms with Crippen LogP contribution in [0.4, 0.5) is 13.2 Å². The van der Waals surface area contributed by atoms with Crippen LogP contribution in [0.5, 0.6) is 5.88 Å². The van der Waals surface area contributed by atoms with Gasteiger partial charge < -0.3 is 20.1 Å². The van der Waals surface area contributed by atoms with Crippen molar-refractivity contribution in [1.29, 1.82) is 0 Å². The molecule has 1 atom stereocenters. The quantitative estimate of drug-likeness (QED) is 0.755. The van der Waals surface area contributed by atoms with Gasteiger partial charge in [0.2, 0.25) is 11.8 Å². The molecule has 134 valence electrons. The van der Waals surface area contributed by atoms with Gasteiger partial charge in [0.1, 0.15) is 6.04 Å². The second kappa shape index (κ2) is 8.48. The number of methoxy groups -OCH3 is 1. The molecule has 24 heavy (non-hydrogen) atoms. The fraction of sp³-hybridized carbons (Fsp3) is 0.500. The van der Waals surface area contributed by atoms with E-state index in [1.54, 1.807) is 0 Å². The van der Waals surface area contributed by atoms with Gasteiger partial charge in [0.15, 0.2) is 6.61 Å². The number of hydrogen-bond donors (Lipinski definition) is 1. The van der Waals surface area contributed by atoms with Crippen LogP contribution in [0.25, 0.3) is 0 Å². The number of amides is 2. The van der Waals surface area contributed by atoms with Crippen LogP contribution in [-0.4, -0.2) is 60.8 Å². The fourth-order valence-electron chi connectivity index (χ4n) is 1.73. The summed E-state index contributed by atoms with van der Waals surface area (Å²) in [6.07, 6.45) is -3.41. The van der Waals surface area contributed by atoms with Gasteiger partial charge >= 0.3 is 6.18 Å². The van der Waals surface area contributed by atoms with Crippen LogP contribution in [0.1, 0.15) is 17.3 Å². The molecule has 0 radical (unpaired) electrons. The van der Waals surface area contributed by atoms with E-state index in [1.165, 1.54) is 25.0 Å². The maximum absolute atomic E-state index is 12.4. The molecule has 0 saturated carbocycles. The lowest BCUT2D eigenvalue weighted by atomic mass is 10.2. The van der Waals surface area contributed by atoms with Gasteiger partial charge in [0.25, 0.3) is 5.91 Å². The zero-order valence-electron chi connectivity index (χ0n) is 13.2. The monoisotopic (exact) mass is 349 g/mol. The Labute approximate surface area is 136 Å². The van der Waals surface area contributed by atoms with Crippen molar-refractivity contribution >= 4 is 11.8 Å². The lowest BCUT2D eigenvalue weighted by molar-refractivity contribution is -0.154. The normalized spacial score (nSPS) is 12.5. The molecule has 0 aliphatic heterocycles. The largest absolute Gasteiger partial charge is 0.468 e. The number of halogens is 3. The molecule has 0 aliphatic carbocycles. The Morgan fingerprint density at radius 2 is 2.04 bits per heavy atom. The zero-order valence-corrected chi connectivity index (χ0v) is 13.2. The van der Waals surface area contributed by atoms with E-state index in [1.807, 2.05) is 0 Å².